The third kappa shape index (κ3) is 4.04. The number of benzene rings is 1. The van der Waals surface area contributed by atoms with Gasteiger partial charge in [0.05, 0.1) is 12.6 Å². The van der Waals surface area contributed by atoms with Crippen LogP contribution >= 0.6 is 0 Å². The fourth-order valence-corrected chi connectivity index (χ4v) is 2.20. The van der Waals surface area contributed by atoms with Gasteiger partial charge in [-0.25, -0.2) is 0 Å². The van der Waals surface area contributed by atoms with Crippen molar-refractivity contribution >= 4 is 17.5 Å². The molecule has 0 spiro atoms. The van der Waals surface area contributed by atoms with Crippen molar-refractivity contribution in [3.05, 3.63) is 29.8 Å². The lowest BCUT2D eigenvalue weighted by Crippen LogP contribution is -2.40. The Morgan fingerprint density at radius 2 is 1.85 bits per heavy atom. The molecule has 0 saturated carbocycles. The van der Waals surface area contributed by atoms with Crippen LogP contribution in [0.25, 0.3) is 0 Å². The molecule has 1 heterocycles. The number of piperidine rings is 1. The smallest absolute Gasteiger partial charge is 0.248 e. The van der Waals surface area contributed by atoms with E-state index in [1.807, 2.05) is 4.90 Å². The first-order valence-electron chi connectivity index (χ1n) is 6.65. The fraction of sp³-hybridized carbons (Fsp3) is 0.429. The summed E-state index contributed by atoms with van der Waals surface area (Å²) in [4.78, 5) is 24.8. The molecule has 0 atom stereocenters. The van der Waals surface area contributed by atoms with Crippen LogP contribution in [-0.4, -0.2) is 47.6 Å². The van der Waals surface area contributed by atoms with E-state index >= 15 is 0 Å². The van der Waals surface area contributed by atoms with Gasteiger partial charge in [-0.15, -0.1) is 0 Å². The van der Waals surface area contributed by atoms with Crippen LogP contribution in [0.1, 0.15) is 23.2 Å². The zero-order valence-corrected chi connectivity index (χ0v) is 11.2. The molecule has 1 aliphatic heterocycles. The second-order valence-electron chi connectivity index (χ2n) is 5.00. The Balaban J connectivity index is 1.83. The van der Waals surface area contributed by atoms with Gasteiger partial charge in [0.15, 0.2) is 0 Å². The van der Waals surface area contributed by atoms with Crippen molar-refractivity contribution < 1.29 is 14.7 Å². The van der Waals surface area contributed by atoms with Crippen LogP contribution in [-0.2, 0) is 4.79 Å². The van der Waals surface area contributed by atoms with Crippen molar-refractivity contribution in [3.8, 4) is 0 Å². The van der Waals surface area contributed by atoms with Crippen molar-refractivity contribution in [1.82, 2.24) is 4.90 Å². The average molecular weight is 277 g/mol. The molecular weight excluding hydrogens is 258 g/mol. The number of amides is 2. The van der Waals surface area contributed by atoms with Gasteiger partial charge in [0.1, 0.15) is 0 Å². The molecule has 0 bridgehead atoms. The number of nitrogens with one attached hydrogen (secondary N) is 1. The summed E-state index contributed by atoms with van der Waals surface area (Å²) < 4.78 is 0. The second kappa shape index (κ2) is 6.49. The van der Waals surface area contributed by atoms with Gasteiger partial charge in [0, 0.05) is 24.3 Å². The Kier molecular flexibility index (Phi) is 4.70. The van der Waals surface area contributed by atoms with Gasteiger partial charge in [-0.2, -0.15) is 0 Å². The summed E-state index contributed by atoms with van der Waals surface area (Å²) in [6.07, 6.45) is 1.18. The van der Waals surface area contributed by atoms with Gasteiger partial charge in [-0.3, -0.25) is 14.5 Å². The van der Waals surface area contributed by atoms with Gasteiger partial charge < -0.3 is 16.2 Å². The van der Waals surface area contributed by atoms with Crippen molar-refractivity contribution in [2.24, 2.45) is 5.73 Å². The van der Waals surface area contributed by atoms with E-state index in [1.54, 1.807) is 24.3 Å². The standard InChI is InChI=1S/C14H19N3O3/c15-14(20)10-1-3-11(4-2-10)16-13(19)9-17-7-5-12(18)6-8-17/h1-4,12,18H,5-9H2,(H2,15,20)(H,16,19). The van der Waals surface area contributed by atoms with Crippen molar-refractivity contribution in [2.75, 3.05) is 25.0 Å². The van der Waals surface area contributed by atoms with E-state index in [9.17, 15) is 14.7 Å². The lowest BCUT2D eigenvalue weighted by molar-refractivity contribution is -0.117. The normalized spacial score (nSPS) is 16.9. The third-order valence-electron chi connectivity index (χ3n) is 3.38. The highest BCUT2D eigenvalue weighted by Crippen LogP contribution is 2.11. The number of hydrogen-bond acceptors (Lipinski definition) is 4. The number of nitrogens with two attached hydrogens (primary N) is 1. The van der Waals surface area contributed by atoms with Gasteiger partial charge in [-0.1, -0.05) is 0 Å². The predicted molar refractivity (Wildman–Crippen MR) is 75.3 cm³/mol. The highest BCUT2D eigenvalue weighted by Gasteiger charge is 2.18. The lowest BCUT2D eigenvalue weighted by Gasteiger charge is -2.28. The summed E-state index contributed by atoms with van der Waals surface area (Å²) in [5, 5.41) is 12.2. The Morgan fingerprint density at radius 3 is 2.40 bits per heavy atom. The Hall–Kier alpha value is -1.92. The molecule has 0 aliphatic carbocycles. The van der Waals surface area contributed by atoms with E-state index in [-0.39, 0.29) is 12.0 Å². The van der Waals surface area contributed by atoms with E-state index < -0.39 is 5.91 Å². The van der Waals surface area contributed by atoms with E-state index in [4.69, 9.17) is 5.73 Å². The van der Waals surface area contributed by atoms with E-state index in [0.29, 0.717) is 30.6 Å². The second-order valence-corrected chi connectivity index (χ2v) is 5.00. The number of rotatable bonds is 4. The first-order chi connectivity index (χ1) is 9.54. The maximum Gasteiger partial charge on any atom is 0.248 e. The number of aliphatic hydroxyl groups excluding tert-OH is 1. The third-order valence-corrected chi connectivity index (χ3v) is 3.38. The molecule has 0 aromatic heterocycles. The van der Waals surface area contributed by atoms with Crippen LogP contribution in [0.5, 0.6) is 0 Å². The molecule has 1 fully saturated rings. The Labute approximate surface area is 117 Å². The maximum absolute atomic E-state index is 11.9. The summed E-state index contributed by atoms with van der Waals surface area (Å²) in [5.41, 5.74) is 6.19. The molecule has 2 rings (SSSR count). The predicted octanol–water partition coefficient (Wildman–Crippen LogP) is 0.181. The molecule has 108 valence electrons. The first-order valence-corrected chi connectivity index (χ1v) is 6.65. The van der Waals surface area contributed by atoms with Gasteiger partial charge in [0.2, 0.25) is 11.8 Å². The fourth-order valence-electron chi connectivity index (χ4n) is 2.20. The van der Waals surface area contributed by atoms with Crippen LogP contribution in [0.2, 0.25) is 0 Å². The summed E-state index contributed by atoms with van der Waals surface area (Å²) in [6.45, 7) is 1.77. The molecule has 20 heavy (non-hydrogen) atoms. The molecule has 1 aliphatic rings. The van der Waals surface area contributed by atoms with Gasteiger partial charge in [-0.05, 0) is 37.1 Å². The molecule has 1 aromatic rings. The number of carbonyl (C=O) groups is 2. The largest absolute Gasteiger partial charge is 0.393 e. The van der Waals surface area contributed by atoms with Crippen LogP contribution < -0.4 is 11.1 Å². The van der Waals surface area contributed by atoms with E-state index in [0.717, 1.165) is 13.1 Å². The quantitative estimate of drug-likeness (QED) is 0.731. The molecule has 2 amide bonds. The minimum atomic E-state index is -0.491. The summed E-state index contributed by atoms with van der Waals surface area (Å²) >= 11 is 0. The molecule has 1 saturated heterocycles. The zero-order valence-electron chi connectivity index (χ0n) is 11.2. The molecule has 6 nitrogen and oxygen atoms in total. The monoisotopic (exact) mass is 277 g/mol. The van der Waals surface area contributed by atoms with Crippen molar-refractivity contribution in [1.29, 1.82) is 0 Å². The highest BCUT2D eigenvalue weighted by molar-refractivity contribution is 5.95. The SMILES string of the molecule is NC(=O)c1ccc(NC(=O)CN2CCC(O)CC2)cc1. The molecule has 4 N–H and O–H groups in total. The maximum atomic E-state index is 11.9. The van der Waals surface area contributed by atoms with E-state index in [1.165, 1.54) is 0 Å². The van der Waals surface area contributed by atoms with Gasteiger partial charge >= 0.3 is 0 Å². The minimum Gasteiger partial charge on any atom is -0.393 e. The van der Waals surface area contributed by atoms with Crippen LogP contribution in [0, 0.1) is 0 Å². The number of anilines is 1. The molecule has 0 radical (unpaired) electrons. The zero-order chi connectivity index (χ0) is 14.5. The first kappa shape index (κ1) is 14.5. The summed E-state index contributed by atoms with van der Waals surface area (Å²) in [5.74, 6) is -0.594. The Morgan fingerprint density at radius 1 is 1.25 bits per heavy atom. The number of carbonyl (C=O) groups excluding carboxylic acids is 2. The van der Waals surface area contributed by atoms with E-state index in [2.05, 4.69) is 5.32 Å². The summed E-state index contributed by atoms with van der Waals surface area (Å²) in [6, 6.07) is 6.46. The number of aliphatic hydroxyl groups is 1. The number of hydrogen-bond donors (Lipinski definition) is 3. The molecule has 6 heteroatoms. The van der Waals surface area contributed by atoms with Crippen LogP contribution in [0.3, 0.4) is 0 Å². The highest BCUT2D eigenvalue weighted by atomic mass is 16.3. The van der Waals surface area contributed by atoms with Crippen LogP contribution in [0.4, 0.5) is 5.69 Å². The van der Waals surface area contributed by atoms with Crippen molar-refractivity contribution in [2.45, 2.75) is 18.9 Å². The minimum absolute atomic E-state index is 0.104. The van der Waals surface area contributed by atoms with Crippen LogP contribution in [0.15, 0.2) is 24.3 Å². The lowest BCUT2D eigenvalue weighted by atomic mass is 10.1. The number of primary amides is 1. The summed E-state index contributed by atoms with van der Waals surface area (Å²) in [7, 11) is 0. The number of nitrogens with zero attached hydrogens (tertiary/aromatic N) is 1. The molecule has 1 aromatic carbocycles. The van der Waals surface area contributed by atoms with Gasteiger partial charge in [0.25, 0.3) is 0 Å². The molecule has 0 unspecified atom stereocenters. The topological polar surface area (TPSA) is 95.7 Å². The average Bonchev–Trinajstić information content (AvgIpc) is 2.42. The number of likely N-dealkylation sites (tertiary alicyclic amines) is 1. The van der Waals surface area contributed by atoms with Crippen molar-refractivity contribution in [3.63, 3.8) is 0 Å². The Bertz CT molecular complexity index is 479. The molecular formula is C14H19N3O3.